The van der Waals surface area contributed by atoms with Gasteiger partial charge in [0.15, 0.2) is 5.84 Å². The highest BCUT2D eigenvalue weighted by molar-refractivity contribution is 6.37. The molecule has 1 aliphatic heterocycles. The Labute approximate surface area is 228 Å². The van der Waals surface area contributed by atoms with Gasteiger partial charge in [0.05, 0.1) is 33.5 Å². The Balaban J connectivity index is 1.62. The van der Waals surface area contributed by atoms with Crippen molar-refractivity contribution in [2.75, 3.05) is 0 Å². The summed E-state index contributed by atoms with van der Waals surface area (Å²) in [4.78, 5) is 17.3. The number of halogens is 8. The fraction of sp³-hybridized carbons (Fsp3) is 0.192. The normalized spacial score (nSPS) is 16.3. The van der Waals surface area contributed by atoms with E-state index in [4.69, 9.17) is 28.0 Å². The van der Waals surface area contributed by atoms with Gasteiger partial charge in [0.2, 0.25) is 0 Å². The Kier molecular flexibility index (Phi) is 7.94. The van der Waals surface area contributed by atoms with E-state index in [1.807, 2.05) is 0 Å². The molecule has 13 heteroatoms. The van der Waals surface area contributed by atoms with Crippen LogP contribution in [-0.2, 0) is 17.2 Å². The summed E-state index contributed by atoms with van der Waals surface area (Å²) in [6.07, 6.45) is -8.87. The first-order valence-electron chi connectivity index (χ1n) is 11.2. The molecule has 39 heavy (non-hydrogen) atoms. The third kappa shape index (κ3) is 6.54. The summed E-state index contributed by atoms with van der Waals surface area (Å²) in [5, 5.41) is 10.4. The summed E-state index contributed by atoms with van der Waals surface area (Å²) in [5.74, 6) is -0.960. The van der Waals surface area contributed by atoms with Crippen molar-refractivity contribution in [3.05, 3.63) is 105 Å². The van der Waals surface area contributed by atoms with E-state index in [0.717, 1.165) is 36.4 Å². The van der Waals surface area contributed by atoms with Crippen molar-refractivity contribution in [1.29, 1.82) is 0 Å². The van der Waals surface area contributed by atoms with Gasteiger partial charge in [-0.3, -0.25) is 0 Å². The number of amidine groups is 1. The Hall–Kier alpha value is -3.57. The molecule has 0 bridgehead atoms. The summed E-state index contributed by atoms with van der Waals surface area (Å²) in [5.41, 5.74) is -0.445. The lowest BCUT2D eigenvalue weighted by Gasteiger charge is -2.23. The Morgan fingerprint density at radius 2 is 1.49 bits per heavy atom. The lowest BCUT2D eigenvalue weighted by atomic mass is 9.97. The van der Waals surface area contributed by atoms with Gasteiger partial charge in [0, 0.05) is 17.0 Å². The summed E-state index contributed by atoms with van der Waals surface area (Å²) in [6.45, 7) is 1.45. The number of hydrogen-bond acceptors (Lipinski definition) is 4. The summed E-state index contributed by atoms with van der Waals surface area (Å²) in [6, 6.07) is 12.0. The molecule has 1 aliphatic rings. The Morgan fingerprint density at radius 3 is 2.03 bits per heavy atom. The van der Waals surface area contributed by atoms with Gasteiger partial charge in [-0.2, -0.15) is 31.4 Å². The molecule has 3 aromatic rings. The molecule has 5 nitrogen and oxygen atoms in total. The number of hydrogen-bond donors (Lipinski definition) is 0. The molecule has 0 spiro atoms. The highest BCUT2D eigenvalue weighted by Gasteiger charge is 2.34. The van der Waals surface area contributed by atoms with Crippen LogP contribution in [0.15, 0.2) is 77.0 Å². The van der Waals surface area contributed by atoms with Crippen molar-refractivity contribution < 1.29 is 36.0 Å². The molecule has 4 rings (SSSR count). The summed E-state index contributed by atoms with van der Waals surface area (Å²) >= 11 is 12.3. The van der Waals surface area contributed by atoms with Crippen LogP contribution < -0.4 is 0 Å². The zero-order chi connectivity index (χ0) is 28.5. The number of oxime groups is 1. The van der Waals surface area contributed by atoms with E-state index in [0.29, 0.717) is 26.9 Å². The van der Waals surface area contributed by atoms with Crippen LogP contribution in [0.1, 0.15) is 52.0 Å². The second-order valence-corrected chi connectivity index (χ2v) is 9.29. The van der Waals surface area contributed by atoms with Crippen LogP contribution in [0.5, 0.6) is 0 Å². The number of carbonyl (C=O) groups excluding carboxylic acids is 1. The molecular weight excluding hydrogens is 571 g/mol. The van der Waals surface area contributed by atoms with E-state index >= 15 is 0 Å². The lowest BCUT2D eigenvalue weighted by molar-refractivity contribution is -0.138. The van der Waals surface area contributed by atoms with Crippen molar-refractivity contribution in [3.8, 4) is 0 Å². The average molecular weight is 588 g/mol. The second kappa shape index (κ2) is 10.9. The molecule has 0 saturated carbocycles. The average Bonchev–Trinajstić information content (AvgIpc) is 3.31. The highest BCUT2D eigenvalue weighted by Crippen LogP contribution is 2.37. The van der Waals surface area contributed by atoms with Crippen molar-refractivity contribution in [2.24, 2.45) is 10.3 Å². The SMILES string of the molecule is C/C(=N/OC(=O)c1ccc(C(F)(F)F)cc1)N1N=C(c2ccc(Cl)cc2Cl)CC1c1ccc(C(F)(F)F)cc1. The summed E-state index contributed by atoms with van der Waals surface area (Å²) in [7, 11) is 0. The van der Waals surface area contributed by atoms with Crippen molar-refractivity contribution in [1.82, 2.24) is 5.01 Å². The first kappa shape index (κ1) is 28.4. The van der Waals surface area contributed by atoms with Gasteiger partial charge in [0.1, 0.15) is 0 Å². The van der Waals surface area contributed by atoms with Gasteiger partial charge in [-0.1, -0.05) is 46.6 Å². The molecule has 0 N–H and O–H groups in total. The number of benzene rings is 3. The topological polar surface area (TPSA) is 54.3 Å². The highest BCUT2D eigenvalue weighted by atomic mass is 35.5. The molecule has 0 radical (unpaired) electrons. The molecular formula is C26H17Cl2F6N3O2. The van der Waals surface area contributed by atoms with Gasteiger partial charge in [-0.25, -0.2) is 9.80 Å². The zero-order valence-corrected chi connectivity index (χ0v) is 21.3. The Bertz CT molecular complexity index is 1440. The number of alkyl halides is 6. The van der Waals surface area contributed by atoms with Crippen molar-refractivity contribution in [3.63, 3.8) is 0 Å². The van der Waals surface area contributed by atoms with Gasteiger partial charge in [0.25, 0.3) is 0 Å². The monoisotopic (exact) mass is 587 g/mol. The van der Waals surface area contributed by atoms with Crippen LogP contribution in [0.25, 0.3) is 0 Å². The third-order valence-electron chi connectivity index (χ3n) is 5.82. The molecule has 0 aromatic heterocycles. The van der Waals surface area contributed by atoms with Crippen molar-refractivity contribution >= 4 is 40.7 Å². The van der Waals surface area contributed by atoms with Gasteiger partial charge >= 0.3 is 18.3 Å². The van der Waals surface area contributed by atoms with Crippen molar-refractivity contribution in [2.45, 2.75) is 31.7 Å². The van der Waals surface area contributed by atoms with Crippen LogP contribution in [-0.4, -0.2) is 22.5 Å². The quantitative estimate of drug-likeness (QED) is 0.101. The minimum atomic E-state index is -4.57. The largest absolute Gasteiger partial charge is 0.416 e. The van der Waals surface area contributed by atoms with Crippen LogP contribution >= 0.6 is 23.2 Å². The van der Waals surface area contributed by atoms with E-state index in [1.165, 1.54) is 30.1 Å². The number of nitrogens with zero attached hydrogens (tertiary/aromatic N) is 3. The fourth-order valence-electron chi connectivity index (χ4n) is 3.85. The van der Waals surface area contributed by atoms with E-state index < -0.39 is 35.5 Å². The maximum atomic E-state index is 13.1. The molecule has 1 heterocycles. The van der Waals surface area contributed by atoms with Gasteiger partial charge in [-0.05, 0) is 61.0 Å². The third-order valence-corrected chi connectivity index (χ3v) is 6.36. The molecule has 0 fully saturated rings. The van der Waals surface area contributed by atoms with Crippen LogP contribution in [0.3, 0.4) is 0 Å². The number of hydrazone groups is 1. The molecule has 0 aliphatic carbocycles. The molecule has 3 aromatic carbocycles. The van der Waals surface area contributed by atoms with E-state index in [9.17, 15) is 31.1 Å². The molecule has 0 amide bonds. The maximum absolute atomic E-state index is 13.1. The van der Waals surface area contributed by atoms with Gasteiger partial charge in [-0.15, -0.1) is 0 Å². The molecule has 0 saturated heterocycles. The first-order valence-corrected chi connectivity index (χ1v) is 11.9. The van der Waals surface area contributed by atoms with Gasteiger partial charge < -0.3 is 4.84 Å². The lowest BCUT2D eigenvalue weighted by Crippen LogP contribution is -2.25. The van der Waals surface area contributed by atoms with Crippen LogP contribution in [0.2, 0.25) is 10.0 Å². The van der Waals surface area contributed by atoms with E-state index in [1.54, 1.807) is 12.1 Å². The van der Waals surface area contributed by atoms with Crippen LogP contribution in [0.4, 0.5) is 26.3 Å². The van der Waals surface area contributed by atoms with Crippen LogP contribution in [0, 0.1) is 0 Å². The molecule has 1 atom stereocenters. The Morgan fingerprint density at radius 1 is 0.923 bits per heavy atom. The van der Waals surface area contributed by atoms with E-state index in [-0.39, 0.29) is 17.8 Å². The minimum Gasteiger partial charge on any atom is -0.311 e. The second-order valence-electron chi connectivity index (χ2n) is 8.45. The predicted molar refractivity (Wildman–Crippen MR) is 134 cm³/mol. The zero-order valence-electron chi connectivity index (χ0n) is 19.8. The fourth-order valence-corrected chi connectivity index (χ4v) is 4.36. The number of carbonyl (C=O) groups is 1. The smallest absolute Gasteiger partial charge is 0.311 e. The molecule has 1 unspecified atom stereocenters. The maximum Gasteiger partial charge on any atom is 0.416 e. The summed E-state index contributed by atoms with van der Waals surface area (Å²) < 4.78 is 77.6. The predicted octanol–water partition coefficient (Wildman–Crippen LogP) is 8.37. The number of rotatable bonds is 4. The standard InChI is InChI=1S/C26H17Cl2F6N3O2/c1-14(36-39-24(38)16-4-8-18(9-5-16)26(32,33)34)37-23(15-2-6-17(7-3-15)25(29,30)31)13-22(35-37)20-11-10-19(27)12-21(20)28/h2-12,23H,13H2,1H3/b36-14-. The van der Waals surface area contributed by atoms with E-state index in [2.05, 4.69) is 10.3 Å². The minimum absolute atomic E-state index is 0.0558. The first-order chi connectivity index (χ1) is 18.2. The molecule has 204 valence electrons.